The number of fused-ring (bicyclic) bond motifs is 1. The molecule has 1 aromatic carbocycles. The van der Waals surface area contributed by atoms with E-state index in [1.54, 1.807) is 11.8 Å². The molecule has 6 rings (SSSR count). The zero-order chi connectivity index (χ0) is 25.4. The van der Waals surface area contributed by atoms with Gasteiger partial charge in [0, 0.05) is 38.9 Å². The minimum absolute atomic E-state index is 0.250. The molecule has 11 nitrogen and oxygen atoms in total. The van der Waals surface area contributed by atoms with Crippen LogP contribution in [0.25, 0.3) is 28.2 Å². The van der Waals surface area contributed by atoms with Crippen molar-refractivity contribution in [3.8, 4) is 23.0 Å². The fourth-order valence-electron chi connectivity index (χ4n) is 5.09. The van der Waals surface area contributed by atoms with E-state index >= 15 is 0 Å². The number of aliphatic hydroxyl groups excluding tert-OH is 1. The molecule has 2 fully saturated rings. The van der Waals surface area contributed by atoms with Gasteiger partial charge in [-0.25, -0.2) is 9.67 Å². The van der Waals surface area contributed by atoms with Crippen molar-refractivity contribution in [2.45, 2.75) is 32.4 Å². The summed E-state index contributed by atoms with van der Waals surface area (Å²) in [7, 11) is 1.62. The number of aryl methyl sites for hydroxylation is 1. The van der Waals surface area contributed by atoms with Crippen LogP contribution in [0.1, 0.15) is 19.8 Å². The first-order valence-corrected chi connectivity index (χ1v) is 12.9. The first kappa shape index (κ1) is 23.7. The molecule has 0 aliphatic carbocycles. The second kappa shape index (κ2) is 9.98. The average Bonchev–Trinajstić information content (AvgIpc) is 3.55. The van der Waals surface area contributed by atoms with Gasteiger partial charge < -0.3 is 24.4 Å². The van der Waals surface area contributed by atoms with Crippen molar-refractivity contribution in [3.63, 3.8) is 0 Å². The summed E-state index contributed by atoms with van der Waals surface area (Å²) in [5, 5.41) is 14.7. The van der Waals surface area contributed by atoms with E-state index in [1.807, 2.05) is 36.5 Å². The third kappa shape index (κ3) is 4.38. The summed E-state index contributed by atoms with van der Waals surface area (Å²) >= 11 is 0. The average molecular weight is 505 g/mol. The minimum Gasteiger partial charge on any atom is -0.479 e. The highest BCUT2D eigenvalue weighted by Gasteiger charge is 2.27. The summed E-state index contributed by atoms with van der Waals surface area (Å²) in [6.07, 6.45) is 3.13. The number of anilines is 2. The maximum atomic E-state index is 10.0. The number of hydrogen-bond acceptors (Lipinski definition) is 9. The largest absolute Gasteiger partial charge is 0.479 e. The predicted octanol–water partition coefficient (Wildman–Crippen LogP) is 2.51. The lowest BCUT2D eigenvalue weighted by Gasteiger charge is -2.30. The van der Waals surface area contributed by atoms with Crippen LogP contribution in [-0.4, -0.2) is 87.0 Å². The number of morpholine rings is 1. The van der Waals surface area contributed by atoms with E-state index in [-0.39, 0.29) is 6.10 Å². The fourth-order valence-corrected chi connectivity index (χ4v) is 5.09. The number of hydrogen-bond donors (Lipinski definition) is 1. The topological polar surface area (TPSA) is 107 Å². The first-order valence-electron chi connectivity index (χ1n) is 12.9. The molecule has 0 saturated carbocycles. The van der Waals surface area contributed by atoms with E-state index in [1.165, 1.54) is 0 Å². The molecular formula is C26H32N8O3. The lowest BCUT2D eigenvalue weighted by atomic mass is 10.1. The van der Waals surface area contributed by atoms with Gasteiger partial charge >= 0.3 is 0 Å². The zero-order valence-electron chi connectivity index (χ0n) is 21.2. The molecule has 2 aliphatic heterocycles. The standard InChI is InChI=1S/C26H32N8O3/c1-3-33-23-21(27-26(33)32-11-9-19(35)10-12-32)22(31-13-15-37-16-14-31)28-25(29-23)34-17-20(24(30-34)36-2)18-7-5-4-6-8-18/h4-8,17,19,35H,3,9-16H2,1-2H3. The normalized spacial score (nSPS) is 17.1. The highest BCUT2D eigenvalue weighted by atomic mass is 16.5. The van der Waals surface area contributed by atoms with Crippen LogP contribution >= 0.6 is 0 Å². The smallest absolute Gasteiger partial charge is 0.254 e. The quantitative estimate of drug-likeness (QED) is 0.424. The van der Waals surface area contributed by atoms with Gasteiger partial charge in [0.2, 0.25) is 11.8 Å². The van der Waals surface area contributed by atoms with Crippen LogP contribution < -0.4 is 14.5 Å². The monoisotopic (exact) mass is 504 g/mol. The van der Waals surface area contributed by atoms with E-state index < -0.39 is 0 Å². The number of imidazole rings is 1. The van der Waals surface area contributed by atoms with Gasteiger partial charge in [0.15, 0.2) is 17.0 Å². The molecule has 2 saturated heterocycles. The van der Waals surface area contributed by atoms with Crippen molar-refractivity contribution in [1.29, 1.82) is 0 Å². The highest BCUT2D eigenvalue weighted by Crippen LogP contribution is 2.33. The van der Waals surface area contributed by atoms with Crippen LogP contribution in [0.5, 0.6) is 5.88 Å². The number of ether oxygens (including phenoxy) is 2. The van der Waals surface area contributed by atoms with E-state index in [0.29, 0.717) is 31.6 Å². The molecule has 0 amide bonds. The Morgan fingerprint density at radius 2 is 1.76 bits per heavy atom. The molecule has 194 valence electrons. The summed E-state index contributed by atoms with van der Waals surface area (Å²) in [4.78, 5) is 19.5. The molecule has 2 aliphatic rings. The number of nitrogens with zero attached hydrogens (tertiary/aromatic N) is 8. The lowest BCUT2D eigenvalue weighted by Crippen LogP contribution is -2.37. The summed E-state index contributed by atoms with van der Waals surface area (Å²) in [5.74, 6) is 2.63. The molecule has 0 atom stereocenters. The van der Waals surface area contributed by atoms with Crippen molar-refractivity contribution in [1.82, 2.24) is 29.3 Å². The Hall–Kier alpha value is -3.70. The molecule has 0 unspecified atom stereocenters. The van der Waals surface area contributed by atoms with Crippen molar-refractivity contribution in [2.75, 3.05) is 56.3 Å². The van der Waals surface area contributed by atoms with Gasteiger partial charge in [-0.05, 0) is 25.3 Å². The van der Waals surface area contributed by atoms with Crippen molar-refractivity contribution >= 4 is 22.9 Å². The van der Waals surface area contributed by atoms with Gasteiger partial charge in [-0.15, -0.1) is 5.10 Å². The molecule has 0 spiro atoms. The number of aliphatic hydroxyl groups is 1. The Kier molecular flexibility index (Phi) is 6.39. The summed E-state index contributed by atoms with van der Waals surface area (Å²) in [6, 6.07) is 10.0. The Morgan fingerprint density at radius 3 is 2.46 bits per heavy atom. The second-order valence-electron chi connectivity index (χ2n) is 9.36. The second-order valence-corrected chi connectivity index (χ2v) is 9.36. The Bertz CT molecular complexity index is 1370. The molecule has 3 aromatic heterocycles. The fraction of sp³-hybridized carbons (Fsp3) is 0.462. The van der Waals surface area contributed by atoms with Crippen molar-refractivity contribution < 1.29 is 14.6 Å². The summed E-state index contributed by atoms with van der Waals surface area (Å²) < 4.78 is 15.1. The van der Waals surface area contributed by atoms with Gasteiger partial charge in [-0.2, -0.15) is 9.97 Å². The maximum Gasteiger partial charge on any atom is 0.254 e. The molecule has 0 bridgehead atoms. The molecule has 11 heteroatoms. The Morgan fingerprint density at radius 1 is 1.00 bits per heavy atom. The Balaban J connectivity index is 1.51. The van der Waals surface area contributed by atoms with Gasteiger partial charge in [0.05, 0.1) is 32.0 Å². The highest BCUT2D eigenvalue weighted by molar-refractivity contribution is 5.87. The van der Waals surface area contributed by atoms with Crippen LogP contribution in [0.3, 0.4) is 0 Å². The van der Waals surface area contributed by atoms with Crippen molar-refractivity contribution in [3.05, 3.63) is 36.5 Å². The minimum atomic E-state index is -0.250. The zero-order valence-corrected chi connectivity index (χ0v) is 21.2. The molecule has 37 heavy (non-hydrogen) atoms. The number of rotatable bonds is 6. The van der Waals surface area contributed by atoms with Gasteiger partial charge in [-0.3, -0.25) is 4.57 Å². The molecule has 5 heterocycles. The number of aromatic nitrogens is 6. The van der Waals surface area contributed by atoms with E-state index in [2.05, 4.69) is 26.4 Å². The van der Waals surface area contributed by atoms with Crippen LogP contribution in [0.2, 0.25) is 0 Å². The van der Waals surface area contributed by atoms with E-state index in [0.717, 1.165) is 73.1 Å². The van der Waals surface area contributed by atoms with Gasteiger partial charge in [0.25, 0.3) is 5.95 Å². The lowest BCUT2D eigenvalue weighted by molar-refractivity contribution is 0.122. The predicted molar refractivity (Wildman–Crippen MR) is 141 cm³/mol. The van der Waals surface area contributed by atoms with Crippen LogP contribution in [0.4, 0.5) is 11.8 Å². The van der Waals surface area contributed by atoms with Crippen molar-refractivity contribution in [2.24, 2.45) is 0 Å². The van der Waals surface area contributed by atoms with E-state index in [4.69, 9.17) is 24.4 Å². The van der Waals surface area contributed by atoms with Crippen LogP contribution in [0.15, 0.2) is 36.5 Å². The van der Waals surface area contributed by atoms with E-state index in [9.17, 15) is 5.11 Å². The third-order valence-corrected chi connectivity index (χ3v) is 7.08. The van der Waals surface area contributed by atoms with Crippen LogP contribution in [0, 0.1) is 0 Å². The molecular weight excluding hydrogens is 472 g/mol. The molecule has 1 N–H and O–H groups in total. The molecule has 4 aromatic rings. The maximum absolute atomic E-state index is 10.0. The first-order chi connectivity index (χ1) is 18.2. The SMILES string of the molecule is CCn1c(N2CCC(O)CC2)nc2c(N3CCOCC3)nc(-n3cc(-c4ccccc4)c(OC)n3)nc21. The number of piperidine rings is 1. The third-order valence-electron chi connectivity index (χ3n) is 7.08. The Labute approximate surface area is 215 Å². The van der Waals surface area contributed by atoms with Gasteiger partial charge in [0.1, 0.15) is 0 Å². The summed E-state index contributed by atoms with van der Waals surface area (Å²) in [5.41, 5.74) is 3.42. The summed E-state index contributed by atoms with van der Waals surface area (Å²) in [6.45, 7) is 7.06. The van der Waals surface area contributed by atoms with Crippen LogP contribution in [-0.2, 0) is 11.3 Å². The number of benzene rings is 1. The van der Waals surface area contributed by atoms with Gasteiger partial charge in [-0.1, -0.05) is 30.3 Å². The molecule has 0 radical (unpaired) electrons. The number of methoxy groups -OCH3 is 1.